The van der Waals surface area contributed by atoms with Gasteiger partial charge in [0.2, 0.25) is 5.91 Å². The van der Waals surface area contributed by atoms with Gasteiger partial charge in [0.05, 0.1) is 12.5 Å². The average molecular weight is 342 g/mol. The van der Waals surface area contributed by atoms with Crippen LogP contribution in [0.2, 0.25) is 0 Å². The fourth-order valence-electron chi connectivity index (χ4n) is 3.85. The largest absolute Gasteiger partial charge is 0.369 e. The number of H-pyrrole nitrogens is 1. The van der Waals surface area contributed by atoms with Crippen molar-refractivity contribution in [2.24, 2.45) is 5.92 Å². The molecule has 0 aromatic carbocycles. The lowest BCUT2D eigenvalue weighted by Gasteiger charge is -2.31. The summed E-state index contributed by atoms with van der Waals surface area (Å²) in [6.45, 7) is 4.41. The minimum atomic E-state index is -0.307. The van der Waals surface area contributed by atoms with E-state index < -0.39 is 0 Å². The number of carbonyl (C=O) groups is 1. The molecule has 0 radical (unpaired) electrons. The van der Waals surface area contributed by atoms with Crippen LogP contribution in [0.25, 0.3) is 0 Å². The van der Waals surface area contributed by atoms with Crippen molar-refractivity contribution >= 4 is 5.91 Å². The highest BCUT2D eigenvalue weighted by Gasteiger charge is 2.40. The van der Waals surface area contributed by atoms with Crippen LogP contribution < -0.4 is 5.56 Å². The summed E-state index contributed by atoms with van der Waals surface area (Å²) in [6, 6.07) is 1.93. The number of ether oxygens (including phenoxy) is 1. The number of rotatable bonds is 3. The summed E-state index contributed by atoms with van der Waals surface area (Å²) < 4.78 is 7.88. The van der Waals surface area contributed by atoms with E-state index in [-0.39, 0.29) is 23.5 Å². The molecule has 1 N–H and O–H groups in total. The van der Waals surface area contributed by atoms with E-state index in [0.717, 1.165) is 17.9 Å². The highest BCUT2D eigenvalue weighted by molar-refractivity contribution is 5.80. The van der Waals surface area contributed by atoms with Crippen molar-refractivity contribution in [2.75, 3.05) is 13.2 Å². The van der Waals surface area contributed by atoms with Crippen molar-refractivity contribution in [3.63, 3.8) is 0 Å². The molecule has 1 saturated heterocycles. The van der Waals surface area contributed by atoms with Gasteiger partial charge in [-0.05, 0) is 31.4 Å². The molecular formula is C18H22N4O3. The maximum absolute atomic E-state index is 13.1. The molecule has 7 heteroatoms. The topological polar surface area (TPSA) is 80.2 Å². The van der Waals surface area contributed by atoms with E-state index in [9.17, 15) is 9.59 Å². The van der Waals surface area contributed by atoms with E-state index in [1.807, 2.05) is 23.8 Å². The van der Waals surface area contributed by atoms with Gasteiger partial charge in [-0.3, -0.25) is 9.59 Å². The van der Waals surface area contributed by atoms with Crippen LogP contribution in [0.3, 0.4) is 0 Å². The highest BCUT2D eigenvalue weighted by atomic mass is 16.5. The molecule has 0 spiro atoms. The van der Waals surface area contributed by atoms with Crippen molar-refractivity contribution < 1.29 is 9.53 Å². The van der Waals surface area contributed by atoms with Crippen molar-refractivity contribution in [1.29, 1.82) is 0 Å². The number of fused-ring (bicyclic) bond motifs is 1. The summed E-state index contributed by atoms with van der Waals surface area (Å²) in [4.78, 5) is 34.1. The number of hydrogen-bond donors (Lipinski definition) is 1. The van der Waals surface area contributed by atoms with Crippen LogP contribution in [0, 0.1) is 5.92 Å². The molecule has 4 heterocycles. The van der Waals surface area contributed by atoms with Gasteiger partial charge in [0, 0.05) is 43.9 Å². The second kappa shape index (κ2) is 6.48. The molecule has 0 unspecified atom stereocenters. The van der Waals surface area contributed by atoms with Gasteiger partial charge >= 0.3 is 0 Å². The Morgan fingerprint density at radius 1 is 1.48 bits per heavy atom. The third-order valence-corrected chi connectivity index (χ3v) is 5.22. The summed E-state index contributed by atoms with van der Waals surface area (Å²) in [5.74, 6) is 0.632. The molecule has 25 heavy (non-hydrogen) atoms. The number of imidazole rings is 1. The number of hydrogen-bond acceptors (Lipinski definition) is 4. The number of aromatic nitrogens is 3. The van der Waals surface area contributed by atoms with Crippen molar-refractivity contribution in [2.45, 2.75) is 39.0 Å². The Morgan fingerprint density at radius 2 is 2.36 bits per heavy atom. The second-order valence-electron chi connectivity index (χ2n) is 6.58. The molecule has 2 aliphatic rings. The molecule has 0 bridgehead atoms. The van der Waals surface area contributed by atoms with E-state index in [2.05, 4.69) is 9.97 Å². The number of pyridine rings is 1. The Morgan fingerprint density at radius 3 is 3.20 bits per heavy atom. The summed E-state index contributed by atoms with van der Waals surface area (Å²) >= 11 is 0. The highest BCUT2D eigenvalue weighted by Crippen LogP contribution is 2.35. The summed E-state index contributed by atoms with van der Waals surface area (Å²) in [6.07, 6.45) is 6.43. The van der Waals surface area contributed by atoms with Crippen LogP contribution in [0.15, 0.2) is 29.5 Å². The van der Waals surface area contributed by atoms with E-state index in [0.29, 0.717) is 38.1 Å². The molecule has 2 aromatic rings. The van der Waals surface area contributed by atoms with E-state index in [1.54, 1.807) is 17.3 Å². The fourth-order valence-corrected chi connectivity index (χ4v) is 3.85. The molecular weight excluding hydrogens is 320 g/mol. The number of carbonyl (C=O) groups excluding carboxylic acids is 1. The SMILES string of the molecule is CCn1ccnc1[C@@H]1OCC[C@H]1C(=O)N1CCc2cc[nH]c(=O)c2C1. The Bertz CT molecular complexity index is 841. The molecule has 2 aliphatic heterocycles. The monoisotopic (exact) mass is 342 g/mol. The molecule has 132 valence electrons. The second-order valence-corrected chi connectivity index (χ2v) is 6.58. The average Bonchev–Trinajstić information content (AvgIpc) is 3.29. The number of aromatic amines is 1. The lowest BCUT2D eigenvalue weighted by atomic mass is 9.96. The summed E-state index contributed by atoms with van der Waals surface area (Å²) in [5, 5.41) is 0. The molecule has 4 rings (SSSR count). The van der Waals surface area contributed by atoms with Crippen molar-refractivity contribution in [1.82, 2.24) is 19.4 Å². The normalized spacial score (nSPS) is 22.8. The Hall–Kier alpha value is -2.41. The van der Waals surface area contributed by atoms with Gasteiger partial charge in [-0.25, -0.2) is 4.98 Å². The van der Waals surface area contributed by atoms with Crippen LogP contribution in [0.4, 0.5) is 0 Å². The number of aryl methyl sites for hydroxylation is 1. The first-order chi connectivity index (χ1) is 12.2. The molecule has 0 aliphatic carbocycles. The molecule has 0 saturated carbocycles. The van der Waals surface area contributed by atoms with Gasteiger partial charge in [0.1, 0.15) is 11.9 Å². The van der Waals surface area contributed by atoms with E-state index in [1.165, 1.54) is 0 Å². The van der Waals surface area contributed by atoms with Gasteiger partial charge in [-0.2, -0.15) is 0 Å². The van der Waals surface area contributed by atoms with Crippen LogP contribution in [-0.2, 0) is 29.0 Å². The standard InChI is InChI=1S/C18H22N4O3/c1-2-21-9-7-19-16(21)15-13(5-10-25-15)18(24)22-8-4-12-3-6-20-17(23)14(12)11-22/h3,6-7,9,13,15H,2,4-5,8,10-11H2,1H3,(H,20,23)/t13-,15-/m1/s1. The van der Waals surface area contributed by atoms with Crippen LogP contribution in [0.1, 0.15) is 36.4 Å². The zero-order valence-electron chi connectivity index (χ0n) is 14.3. The van der Waals surface area contributed by atoms with Crippen LogP contribution >= 0.6 is 0 Å². The lowest BCUT2D eigenvalue weighted by molar-refractivity contribution is -0.138. The molecule has 7 nitrogen and oxygen atoms in total. The van der Waals surface area contributed by atoms with Crippen LogP contribution in [-0.4, -0.2) is 38.5 Å². The molecule has 1 fully saturated rings. The molecule has 2 aromatic heterocycles. The lowest BCUT2D eigenvalue weighted by Crippen LogP contribution is -2.42. The zero-order valence-corrected chi connectivity index (χ0v) is 14.3. The quantitative estimate of drug-likeness (QED) is 0.910. The predicted molar refractivity (Wildman–Crippen MR) is 90.9 cm³/mol. The van der Waals surface area contributed by atoms with Crippen molar-refractivity contribution in [3.05, 3.63) is 52.0 Å². The fraction of sp³-hybridized carbons (Fsp3) is 0.500. The summed E-state index contributed by atoms with van der Waals surface area (Å²) in [7, 11) is 0. The molecule has 1 amide bonds. The molecule has 2 atom stereocenters. The third-order valence-electron chi connectivity index (χ3n) is 5.22. The van der Waals surface area contributed by atoms with Gasteiger partial charge in [0.15, 0.2) is 0 Å². The predicted octanol–water partition coefficient (Wildman–Crippen LogP) is 1.25. The smallest absolute Gasteiger partial charge is 0.253 e. The first kappa shape index (κ1) is 16.1. The number of nitrogens with zero attached hydrogens (tertiary/aromatic N) is 3. The summed E-state index contributed by atoms with van der Waals surface area (Å²) in [5.41, 5.74) is 1.64. The Balaban J connectivity index is 1.57. The van der Waals surface area contributed by atoms with Gasteiger partial charge in [0.25, 0.3) is 5.56 Å². The zero-order chi connectivity index (χ0) is 17.4. The minimum absolute atomic E-state index is 0.0575. The first-order valence-corrected chi connectivity index (χ1v) is 8.80. The van der Waals surface area contributed by atoms with E-state index in [4.69, 9.17) is 4.74 Å². The van der Waals surface area contributed by atoms with Gasteiger partial charge < -0.3 is 19.2 Å². The first-order valence-electron chi connectivity index (χ1n) is 8.80. The van der Waals surface area contributed by atoms with E-state index >= 15 is 0 Å². The van der Waals surface area contributed by atoms with Gasteiger partial charge in [-0.1, -0.05) is 0 Å². The van der Waals surface area contributed by atoms with Gasteiger partial charge in [-0.15, -0.1) is 0 Å². The van der Waals surface area contributed by atoms with Crippen molar-refractivity contribution in [3.8, 4) is 0 Å². The van der Waals surface area contributed by atoms with Crippen LogP contribution in [0.5, 0.6) is 0 Å². The minimum Gasteiger partial charge on any atom is -0.369 e. The third kappa shape index (κ3) is 2.78. The number of amides is 1. The maximum Gasteiger partial charge on any atom is 0.253 e. The maximum atomic E-state index is 13.1. The number of nitrogens with one attached hydrogen (secondary N) is 1. The Kier molecular flexibility index (Phi) is 4.17. The Labute approximate surface area is 145 Å².